The molecule has 16 heavy (non-hydrogen) atoms. The van der Waals surface area contributed by atoms with E-state index in [9.17, 15) is 0 Å². The van der Waals surface area contributed by atoms with E-state index in [1.807, 2.05) is 6.92 Å². The zero-order valence-electron chi connectivity index (χ0n) is 10.7. The summed E-state index contributed by atoms with van der Waals surface area (Å²) in [6.45, 7) is 8.97. The molecular weight excluding hydrogens is 196 g/mol. The molecule has 0 heterocycles. The summed E-state index contributed by atoms with van der Waals surface area (Å²) in [5.41, 5.74) is 3.71. The summed E-state index contributed by atoms with van der Waals surface area (Å²) in [6, 6.07) is 9.01. The molecule has 0 aliphatic heterocycles. The van der Waals surface area contributed by atoms with Crippen LogP contribution >= 0.6 is 0 Å². The molecule has 88 valence electrons. The number of anilines is 1. The van der Waals surface area contributed by atoms with Gasteiger partial charge in [0.25, 0.3) is 0 Å². The molecule has 0 saturated carbocycles. The molecule has 2 heteroatoms. The minimum atomic E-state index is 0.368. The van der Waals surface area contributed by atoms with Crippen LogP contribution in [0.5, 0.6) is 0 Å². The number of nitrogens with one attached hydrogen (secondary N) is 1. The van der Waals surface area contributed by atoms with E-state index in [2.05, 4.69) is 62.1 Å². The van der Waals surface area contributed by atoms with Crippen molar-refractivity contribution < 1.29 is 0 Å². The lowest BCUT2D eigenvalue weighted by Crippen LogP contribution is -2.20. The first kappa shape index (κ1) is 12.8. The van der Waals surface area contributed by atoms with Crippen molar-refractivity contribution in [2.75, 3.05) is 25.5 Å². The molecule has 0 amide bonds. The first-order valence-electron chi connectivity index (χ1n) is 5.65. The molecule has 1 unspecified atom stereocenters. The average molecular weight is 218 g/mol. The largest absolute Gasteiger partial charge is 0.378 e. The van der Waals surface area contributed by atoms with E-state index in [4.69, 9.17) is 0 Å². The van der Waals surface area contributed by atoms with Gasteiger partial charge in [-0.1, -0.05) is 24.3 Å². The molecule has 0 aliphatic rings. The van der Waals surface area contributed by atoms with Gasteiger partial charge in [-0.3, -0.25) is 0 Å². The van der Waals surface area contributed by atoms with Crippen molar-refractivity contribution in [3.63, 3.8) is 0 Å². The molecule has 0 spiro atoms. The van der Waals surface area contributed by atoms with E-state index < -0.39 is 0 Å². The highest BCUT2D eigenvalue weighted by atomic mass is 15.1. The van der Waals surface area contributed by atoms with Crippen molar-refractivity contribution in [1.82, 2.24) is 5.32 Å². The Kier molecular flexibility index (Phi) is 4.56. The Morgan fingerprint density at radius 2 is 1.88 bits per heavy atom. The number of nitrogens with zero attached hydrogens (tertiary/aromatic N) is 1. The first-order valence-corrected chi connectivity index (χ1v) is 5.65. The van der Waals surface area contributed by atoms with Crippen LogP contribution in [0.1, 0.15) is 25.5 Å². The third kappa shape index (κ3) is 3.70. The summed E-state index contributed by atoms with van der Waals surface area (Å²) in [5.74, 6) is 0. The van der Waals surface area contributed by atoms with Gasteiger partial charge in [-0.2, -0.15) is 0 Å². The van der Waals surface area contributed by atoms with E-state index in [1.54, 1.807) is 0 Å². The van der Waals surface area contributed by atoms with Crippen molar-refractivity contribution in [2.45, 2.75) is 19.9 Å². The number of hydrogen-bond acceptors (Lipinski definition) is 2. The van der Waals surface area contributed by atoms with E-state index in [0.717, 1.165) is 12.1 Å². The fraction of sp³-hybridized carbons (Fsp3) is 0.429. The van der Waals surface area contributed by atoms with Crippen LogP contribution < -0.4 is 10.2 Å². The summed E-state index contributed by atoms with van der Waals surface area (Å²) in [7, 11) is 4.11. The van der Waals surface area contributed by atoms with Gasteiger partial charge in [0.1, 0.15) is 0 Å². The molecule has 0 saturated heterocycles. The zero-order chi connectivity index (χ0) is 12.1. The zero-order valence-corrected chi connectivity index (χ0v) is 10.7. The van der Waals surface area contributed by atoms with Crippen LogP contribution in [0.2, 0.25) is 0 Å². The van der Waals surface area contributed by atoms with Crippen LogP contribution in [0.15, 0.2) is 36.4 Å². The second-order valence-electron chi connectivity index (χ2n) is 4.55. The monoisotopic (exact) mass is 218 g/mol. The summed E-state index contributed by atoms with van der Waals surface area (Å²) in [6.07, 6.45) is 0. The lowest BCUT2D eigenvalue weighted by molar-refractivity contribution is 0.607. The first-order chi connectivity index (χ1) is 7.50. The normalized spacial score (nSPS) is 12.2. The molecule has 1 aromatic carbocycles. The van der Waals surface area contributed by atoms with Gasteiger partial charge in [-0.15, -0.1) is 0 Å². The van der Waals surface area contributed by atoms with Gasteiger partial charge in [0, 0.05) is 32.4 Å². The van der Waals surface area contributed by atoms with Gasteiger partial charge < -0.3 is 10.2 Å². The minimum Gasteiger partial charge on any atom is -0.378 e. The lowest BCUT2D eigenvalue weighted by atomic mass is 10.1. The predicted molar refractivity (Wildman–Crippen MR) is 72.0 cm³/mol. The SMILES string of the molecule is C=C(C)CNC(C)c1ccc(N(C)C)cc1. The van der Waals surface area contributed by atoms with Crippen LogP contribution in [0.25, 0.3) is 0 Å². The molecular formula is C14H22N2. The van der Waals surface area contributed by atoms with Crippen molar-refractivity contribution >= 4 is 5.69 Å². The maximum Gasteiger partial charge on any atom is 0.0361 e. The number of rotatable bonds is 5. The molecule has 0 bridgehead atoms. The smallest absolute Gasteiger partial charge is 0.0361 e. The van der Waals surface area contributed by atoms with Crippen LogP contribution in [-0.2, 0) is 0 Å². The maximum atomic E-state index is 3.89. The van der Waals surface area contributed by atoms with Gasteiger partial charge in [0.05, 0.1) is 0 Å². The third-order valence-electron chi connectivity index (χ3n) is 2.62. The summed E-state index contributed by atoms with van der Waals surface area (Å²) < 4.78 is 0. The Hall–Kier alpha value is -1.28. The van der Waals surface area contributed by atoms with E-state index in [1.165, 1.54) is 11.3 Å². The fourth-order valence-electron chi connectivity index (χ4n) is 1.51. The maximum absolute atomic E-state index is 3.89. The fourth-order valence-corrected chi connectivity index (χ4v) is 1.51. The number of hydrogen-bond donors (Lipinski definition) is 1. The second kappa shape index (κ2) is 5.71. The van der Waals surface area contributed by atoms with Crippen molar-refractivity contribution in [2.24, 2.45) is 0 Å². The molecule has 0 aliphatic carbocycles. The molecule has 0 fully saturated rings. The highest BCUT2D eigenvalue weighted by Gasteiger charge is 2.04. The van der Waals surface area contributed by atoms with Gasteiger partial charge in [0.2, 0.25) is 0 Å². The standard InChI is InChI=1S/C14H22N2/c1-11(2)10-15-12(3)13-6-8-14(9-7-13)16(4)5/h6-9,12,15H,1,10H2,2-5H3. The molecule has 1 aromatic rings. The Morgan fingerprint density at radius 3 is 2.31 bits per heavy atom. The molecule has 1 N–H and O–H groups in total. The molecule has 0 aromatic heterocycles. The van der Waals surface area contributed by atoms with Crippen LogP contribution in [0.4, 0.5) is 5.69 Å². The van der Waals surface area contributed by atoms with Crippen LogP contribution in [0, 0.1) is 0 Å². The minimum absolute atomic E-state index is 0.368. The van der Waals surface area contributed by atoms with E-state index >= 15 is 0 Å². The van der Waals surface area contributed by atoms with Gasteiger partial charge in [-0.05, 0) is 31.5 Å². The van der Waals surface area contributed by atoms with E-state index in [-0.39, 0.29) is 0 Å². The van der Waals surface area contributed by atoms with Gasteiger partial charge >= 0.3 is 0 Å². The second-order valence-corrected chi connectivity index (χ2v) is 4.55. The highest BCUT2D eigenvalue weighted by molar-refractivity contribution is 5.46. The van der Waals surface area contributed by atoms with E-state index in [0.29, 0.717) is 6.04 Å². The van der Waals surface area contributed by atoms with Crippen LogP contribution in [-0.4, -0.2) is 20.6 Å². The highest BCUT2D eigenvalue weighted by Crippen LogP contribution is 2.17. The van der Waals surface area contributed by atoms with Gasteiger partial charge in [-0.25, -0.2) is 0 Å². The molecule has 1 rings (SSSR count). The van der Waals surface area contributed by atoms with Crippen molar-refractivity contribution in [3.05, 3.63) is 42.0 Å². The lowest BCUT2D eigenvalue weighted by Gasteiger charge is -2.17. The Bertz CT molecular complexity index is 338. The third-order valence-corrected chi connectivity index (χ3v) is 2.62. The molecule has 0 radical (unpaired) electrons. The quantitative estimate of drug-likeness (QED) is 0.764. The molecule has 2 nitrogen and oxygen atoms in total. The predicted octanol–water partition coefficient (Wildman–Crippen LogP) is 2.98. The number of benzene rings is 1. The van der Waals surface area contributed by atoms with Crippen LogP contribution in [0.3, 0.4) is 0 Å². The van der Waals surface area contributed by atoms with Gasteiger partial charge in [0.15, 0.2) is 0 Å². The summed E-state index contributed by atoms with van der Waals surface area (Å²) in [5, 5.41) is 3.43. The summed E-state index contributed by atoms with van der Waals surface area (Å²) in [4.78, 5) is 2.11. The van der Waals surface area contributed by atoms with Crippen molar-refractivity contribution in [1.29, 1.82) is 0 Å². The summed E-state index contributed by atoms with van der Waals surface area (Å²) >= 11 is 0. The Labute approximate surface area is 99.0 Å². The average Bonchev–Trinajstić information content (AvgIpc) is 2.26. The topological polar surface area (TPSA) is 15.3 Å². The Balaban J connectivity index is 2.62. The molecule has 1 atom stereocenters. The Morgan fingerprint density at radius 1 is 1.31 bits per heavy atom. The van der Waals surface area contributed by atoms with Crippen molar-refractivity contribution in [3.8, 4) is 0 Å².